The number of imidazole rings is 1. The lowest BCUT2D eigenvalue weighted by Gasteiger charge is -2.34. The molecule has 4 rings (SSSR count). The van der Waals surface area contributed by atoms with Gasteiger partial charge in [-0.05, 0) is 42.3 Å². The molecule has 0 unspecified atom stereocenters. The number of anilines is 1. The number of piperazine rings is 1. The van der Waals surface area contributed by atoms with Crippen LogP contribution in [0.2, 0.25) is 0 Å². The number of hydrogen-bond acceptors (Lipinski definition) is 6. The second-order valence-electron chi connectivity index (χ2n) is 8.28. The normalized spacial score (nSPS) is 14.1. The molecule has 35 heavy (non-hydrogen) atoms. The van der Waals surface area contributed by atoms with Gasteiger partial charge in [-0.25, -0.2) is 4.98 Å². The number of nitrogens with zero attached hydrogens (tertiary/aromatic N) is 4. The van der Waals surface area contributed by atoms with E-state index in [1.165, 1.54) is 11.8 Å². The van der Waals surface area contributed by atoms with Crippen LogP contribution in [0.5, 0.6) is 5.75 Å². The van der Waals surface area contributed by atoms with Crippen molar-refractivity contribution in [1.29, 1.82) is 0 Å². The highest BCUT2D eigenvalue weighted by atomic mass is 32.2. The summed E-state index contributed by atoms with van der Waals surface area (Å²) in [5.74, 6) is 1.18. The van der Waals surface area contributed by atoms with E-state index in [1.54, 1.807) is 13.3 Å². The highest BCUT2D eigenvalue weighted by molar-refractivity contribution is 7.99. The number of thioether (sulfide) groups is 1. The minimum absolute atomic E-state index is 0.0217. The van der Waals surface area contributed by atoms with Crippen molar-refractivity contribution in [2.45, 2.75) is 18.5 Å². The van der Waals surface area contributed by atoms with Gasteiger partial charge in [-0.15, -0.1) is 0 Å². The Balaban J connectivity index is 1.23. The van der Waals surface area contributed by atoms with Crippen LogP contribution in [0.4, 0.5) is 5.69 Å². The average molecular weight is 494 g/mol. The van der Waals surface area contributed by atoms with E-state index in [2.05, 4.69) is 22.1 Å². The number of aryl methyl sites for hydroxylation is 1. The molecule has 0 spiro atoms. The zero-order valence-corrected chi connectivity index (χ0v) is 21.0. The number of methoxy groups -OCH3 is 1. The van der Waals surface area contributed by atoms with Gasteiger partial charge in [0.2, 0.25) is 11.8 Å². The molecule has 0 radical (unpaired) electrons. The van der Waals surface area contributed by atoms with Crippen molar-refractivity contribution in [1.82, 2.24) is 19.4 Å². The maximum atomic E-state index is 12.8. The van der Waals surface area contributed by atoms with E-state index in [9.17, 15) is 9.59 Å². The van der Waals surface area contributed by atoms with Gasteiger partial charge in [0.05, 0.1) is 19.4 Å². The zero-order chi connectivity index (χ0) is 24.6. The molecule has 0 atom stereocenters. The molecule has 2 amide bonds. The summed E-state index contributed by atoms with van der Waals surface area (Å²) in [6, 6.07) is 15.6. The first-order valence-electron chi connectivity index (χ1n) is 11.8. The molecule has 1 fully saturated rings. The molecule has 2 aromatic carbocycles. The van der Waals surface area contributed by atoms with Crippen LogP contribution in [0.25, 0.3) is 5.69 Å². The van der Waals surface area contributed by atoms with E-state index in [0.717, 1.165) is 34.3 Å². The van der Waals surface area contributed by atoms with Crippen LogP contribution < -0.4 is 10.1 Å². The van der Waals surface area contributed by atoms with E-state index >= 15 is 0 Å². The van der Waals surface area contributed by atoms with Gasteiger partial charge in [0.1, 0.15) is 5.75 Å². The molecule has 0 aliphatic carbocycles. The summed E-state index contributed by atoms with van der Waals surface area (Å²) in [7, 11) is 1.64. The molecule has 1 aromatic heterocycles. The van der Waals surface area contributed by atoms with E-state index in [4.69, 9.17) is 4.74 Å². The summed E-state index contributed by atoms with van der Waals surface area (Å²) in [4.78, 5) is 33.7. The molecule has 1 aliphatic rings. The predicted molar refractivity (Wildman–Crippen MR) is 138 cm³/mol. The molecule has 0 saturated carbocycles. The first-order chi connectivity index (χ1) is 17.1. The van der Waals surface area contributed by atoms with Crippen molar-refractivity contribution >= 4 is 29.3 Å². The van der Waals surface area contributed by atoms with Gasteiger partial charge in [-0.3, -0.25) is 19.1 Å². The summed E-state index contributed by atoms with van der Waals surface area (Å²) < 4.78 is 7.18. The van der Waals surface area contributed by atoms with E-state index < -0.39 is 0 Å². The molecule has 184 valence electrons. The van der Waals surface area contributed by atoms with Crippen LogP contribution in [0.1, 0.15) is 12.5 Å². The number of amides is 2. The Bertz CT molecular complexity index is 1140. The molecule has 1 saturated heterocycles. The van der Waals surface area contributed by atoms with Crippen molar-refractivity contribution in [2.75, 3.05) is 50.9 Å². The van der Waals surface area contributed by atoms with Crippen molar-refractivity contribution in [3.63, 3.8) is 0 Å². The van der Waals surface area contributed by atoms with Gasteiger partial charge in [0, 0.05) is 49.9 Å². The minimum atomic E-state index is -0.0217. The molecule has 2 heterocycles. The number of para-hydroxylation sites is 1. The highest BCUT2D eigenvalue weighted by Gasteiger charge is 2.23. The molecule has 9 heteroatoms. The van der Waals surface area contributed by atoms with Crippen molar-refractivity contribution in [2.24, 2.45) is 0 Å². The molecular weight excluding hydrogens is 462 g/mol. The number of rotatable bonds is 9. The Morgan fingerprint density at radius 3 is 2.51 bits per heavy atom. The number of aromatic nitrogens is 2. The molecular formula is C26H31N5O3S. The number of carbonyl (C=O) groups is 2. The average Bonchev–Trinajstić information content (AvgIpc) is 3.36. The Hall–Kier alpha value is -3.30. The first kappa shape index (κ1) is 24.8. The standard InChI is InChI=1S/C26H31N5O3S/c1-3-20-6-4-5-7-23(20)28-24(32)18-29-14-16-30(17-15-29)25(33)19-35-26-27-12-13-31(26)21-8-10-22(34-2)11-9-21/h4-13H,3,14-19H2,1-2H3,(H,28,32). The lowest BCUT2D eigenvalue weighted by molar-refractivity contribution is -0.130. The monoisotopic (exact) mass is 493 g/mol. The van der Waals surface area contributed by atoms with E-state index in [0.29, 0.717) is 38.5 Å². The fourth-order valence-corrected chi connectivity index (χ4v) is 4.93. The van der Waals surface area contributed by atoms with Gasteiger partial charge in [-0.2, -0.15) is 0 Å². The van der Waals surface area contributed by atoms with Gasteiger partial charge < -0.3 is 15.0 Å². The lowest BCUT2D eigenvalue weighted by Crippen LogP contribution is -2.50. The third-order valence-electron chi connectivity index (χ3n) is 6.05. The van der Waals surface area contributed by atoms with Gasteiger partial charge in [0.25, 0.3) is 0 Å². The van der Waals surface area contributed by atoms with Crippen LogP contribution in [0.3, 0.4) is 0 Å². The molecule has 1 N–H and O–H groups in total. The van der Waals surface area contributed by atoms with Crippen LogP contribution in [-0.4, -0.2) is 76.8 Å². The summed E-state index contributed by atoms with van der Waals surface area (Å²) in [6.07, 6.45) is 4.49. The third-order valence-corrected chi connectivity index (χ3v) is 7.00. The van der Waals surface area contributed by atoms with Gasteiger partial charge in [0.15, 0.2) is 5.16 Å². The third kappa shape index (κ3) is 6.43. The Morgan fingerprint density at radius 2 is 1.80 bits per heavy atom. The molecule has 3 aromatic rings. The topological polar surface area (TPSA) is 79.7 Å². The van der Waals surface area contributed by atoms with Gasteiger partial charge >= 0.3 is 0 Å². The SMILES string of the molecule is CCc1ccccc1NC(=O)CN1CCN(C(=O)CSc2nccn2-c2ccc(OC)cc2)CC1. The Labute approximate surface area is 210 Å². The van der Waals surface area contributed by atoms with Crippen LogP contribution in [0.15, 0.2) is 66.1 Å². The smallest absolute Gasteiger partial charge is 0.238 e. The summed E-state index contributed by atoms with van der Waals surface area (Å²) >= 11 is 1.43. The number of carbonyl (C=O) groups excluding carboxylic acids is 2. The second kappa shape index (κ2) is 11.9. The molecule has 0 bridgehead atoms. The predicted octanol–water partition coefficient (Wildman–Crippen LogP) is 3.32. The van der Waals surface area contributed by atoms with Crippen molar-refractivity contribution in [3.8, 4) is 11.4 Å². The Kier molecular flexibility index (Phi) is 8.44. The zero-order valence-electron chi connectivity index (χ0n) is 20.1. The van der Waals surface area contributed by atoms with Gasteiger partial charge in [-0.1, -0.05) is 36.9 Å². The van der Waals surface area contributed by atoms with Crippen LogP contribution >= 0.6 is 11.8 Å². The summed E-state index contributed by atoms with van der Waals surface area (Å²) in [5, 5.41) is 3.79. The fraction of sp³-hybridized carbons (Fsp3) is 0.346. The van der Waals surface area contributed by atoms with E-state index in [1.807, 2.05) is 64.2 Å². The fourth-order valence-electron chi connectivity index (χ4n) is 4.05. The summed E-state index contributed by atoms with van der Waals surface area (Å²) in [6.45, 7) is 5.00. The quantitative estimate of drug-likeness (QED) is 0.461. The number of hydrogen-bond donors (Lipinski definition) is 1. The number of benzene rings is 2. The largest absolute Gasteiger partial charge is 0.497 e. The first-order valence-corrected chi connectivity index (χ1v) is 12.7. The number of nitrogens with one attached hydrogen (secondary N) is 1. The highest BCUT2D eigenvalue weighted by Crippen LogP contribution is 2.23. The minimum Gasteiger partial charge on any atom is -0.497 e. The maximum absolute atomic E-state index is 12.8. The Morgan fingerprint density at radius 1 is 1.06 bits per heavy atom. The maximum Gasteiger partial charge on any atom is 0.238 e. The van der Waals surface area contributed by atoms with E-state index in [-0.39, 0.29) is 11.8 Å². The second-order valence-corrected chi connectivity index (χ2v) is 9.22. The van der Waals surface area contributed by atoms with Crippen molar-refractivity contribution < 1.29 is 14.3 Å². The summed E-state index contributed by atoms with van der Waals surface area (Å²) in [5.41, 5.74) is 2.96. The van der Waals surface area contributed by atoms with Crippen LogP contribution in [-0.2, 0) is 16.0 Å². The molecule has 1 aliphatic heterocycles. The number of ether oxygens (including phenoxy) is 1. The van der Waals surface area contributed by atoms with Crippen LogP contribution in [0, 0.1) is 0 Å². The van der Waals surface area contributed by atoms with Crippen molar-refractivity contribution in [3.05, 3.63) is 66.5 Å². The lowest BCUT2D eigenvalue weighted by atomic mass is 10.1. The molecule has 8 nitrogen and oxygen atoms in total.